The summed E-state index contributed by atoms with van der Waals surface area (Å²) in [6, 6.07) is 8.35. The lowest BCUT2D eigenvalue weighted by atomic mass is 9.91. The fraction of sp³-hybridized carbons (Fsp3) is 0.562. The summed E-state index contributed by atoms with van der Waals surface area (Å²) in [7, 11) is 0. The molecule has 3 nitrogen and oxygen atoms in total. The molecule has 1 N–H and O–H groups in total. The summed E-state index contributed by atoms with van der Waals surface area (Å²) in [6.45, 7) is 3.05. The third kappa shape index (κ3) is 2.04. The van der Waals surface area contributed by atoms with Crippen molar-refractivity contribution >= 4 is 24.0 Å². The van der Waals surface area contributed by atoms with Crippen LogP contribution < -0.4 is 10.2 Å². The van der Waals surface area contributed by atoms with Crippen LogP contribution in [-0.4, -0.2) is 25.5 Å². The number of hydrogen-bond acceptors (Lipinski definition) is 2. The van der Waals surface area contributed by atoms with Crippen molar-refractivity contribution in [3.8, 4) is 0 Å². The lowest BCUT2D eigenvalue weighted by Gasteiger charge is -2.25. The minimum absolute atomic E-state index is 0. The number of nitrogens with zero attached hydrogens (tertiary/aromatic N) is 1. The highest BCUT2D eigenvalue weighted by atomic mass is 35.5. The van der Waals surface area contributed by atoms with Crippen LogP contribution in [0.5, 0.6) is 0 Å². The molecular formula is C16H21ClN2O. The van der Waals surface area contributed by atoms with Gasteiger partial charge in [-0.05, 0) is 55.8 Å². The summed E-state index contributed by atoms with van der Waals surface area (Å²) in [5, 5.41) is 3.40. The fourth-order valence-electron chi connectivity index (χ4n) is 3.93. The number of fused-ring (bicyclic) bond motifs is 1. The maximum Gasteiger partial charge on any atom is 0.230 e. The summed E-state index contributed by atoms with van der Waals surface area (Å²) in [6.07, 6.45) is 4.49. The maximum atomic E-state index is 12.7. The number of piperidine rings is 1. The van der Waals surface area contributed by atoms with E-state index in [4.69, 9.17) is 0 Å². The van der Waals surface area contributed by atoms with E-state index in [0.717, 1.165) is 38.2 Å². The van der Waals surface area contributed by atoms with Gasteiger partial charge in [0.25, 0.3) is 0 Å². The van der Waals surface area contributed by atoms with Crippen molar-refractivity contribution in [1.29, 1.82) is 0 Å². The molecule has 2 heterocycles. The van der Waals surface area contributed by atoms with Crippen LogP contribution in [0.2, 0.25) is 0 Å². The lowest BCUT2D eigenvalue weighted by molar-refractivity contribution is -0.120. The molecule has 1 aromatic rings. The second-order valence-corrected chi connectivity index (χ2v) is 6.24. The highest BCUT2D eigenvalue weighted by Gasteiger charge is 2.58. The zero-order valence-electron chi connectivity index (χ0n) is 11.6. The van der Waals surface area contributed by atoms with Crippen LogP contribution in [0.4, 0.5) is 5.69 Å². The average Bonchev–Trinajstić information content (AvgIpc) is 2.97. The first-order valence-corrected chi connectivity index (χ1v) is 7.40. The van der Waals surface area contributed by atoms with Gasteiger partial charge < -0.3 is 10.2 Å². The Morgan fingerprint density at radius 2 is 2.00 bits per heavy atom. The highest BCUT2D eigenvalue weighted by molar-refractivity contribution is 5.99. The first kappa shape index (κ1) is 13.9. The van der Waals surface area contributed by atoms with Crippen molar-refractivity contribution in [1.82, 2.24) is 5.32 Å². The number of rotatable bonds is 1. The third-order valence-corrected chi connectivity index (χ3v) is 5.24. The van der Waals surface area contributed by atoms with Crippen molar-refractivity contribution in [2.45, 2.75) is 25.7 Å². The molecule has 0 bridgehead atoms. The summed E-state index contributed by atoms with van der Waals surface area (Å²) < 4.78 is 0. The Bertz CT molecular complexity index is 525. The van der Waals surface area contributed by atoms with Crippen molar-refractivity contribution in [3.05, 3.63) is 29.8 Å². The predicted octanol–water partition coefficient (Wildman–Crippen LogP) is 2.39. The number of carbonyl (C=O) groups is 1. The second-order valence-electron chi connectivity index (χ2n) is 6.24. The lowest BCUT2D eigenvalue weighted by Crippen LogP contribution is -2.35. The maximum absolute atomic E-state index is 12.7. The number of benzene rings is 1. The number of hydrogen-bond donors (Lipinski definition) is 1. The SMILES string of the molecule is Cl.O=C(C1CC12CCNCC2)N1CCc2ccccc21. The minimum atomic E-state index is 0. The summed E-state index contributed by atoms with van der Waals surface area (Å²) >= 11 is 0. The predicted molar refractivity (Wildman–Crippen MR) is 82.4 cm³/mol. The van der Waals surface area contributed by atoms with Gasteiger partial charge in [0.15, 0.2) is 0 Å². The first-order chi connectivity index (χ1) is 9.30. The molecule has 0 radical (unpaired) electrons. The van der Waals surface area contributed by atoms with Gasteiger partial charge in [-0.3, -0.25) is 4.79 Å². The number of halogens is 1. The van der Waals surface area contributed by atoms with Crippen LogP contribution in [0.1, 0.15) is 24.8 Å². The zero-order chi connectivity index (χ0) is 12.9. The molecule has 1 saturated heterocycles. The Labute approximate surface area is 126 Å². The molecule has 1 aromatic carbocycles. The third-order valence-electron chi connectivity index (χ3n) is 5.24. The van der Waals surface area contributed by atoms with E-state index in [1.165, 1.54) is 18.4 Å². The van der Waals surface area contributed by atoms with Crippen LogP contribution in [0.25, 0.3) is 0 Å². The average molecular weight is 293 g/mol. The molecule has 1 atom stereocenters. The van der Waals surface area contributed by atoms with Gasteiger partial charge in [0.1, 0.15) is 0 Å². The van der Waals surface area contributed by atoms with E-state index in [2.05, 4.69) is 23.5 Å². The molecule has 1 saturated carbocycles. The van der Waals surface area contributed by atoms with E-state index in [1.54, 1.807) is 0 Å². The quantitative estimate of drug-likeness (QED) is 0.862. The molecule has 1 spiro atoms. The Kier molecular flexibility index (Phi) is 3.51. The summed E-state index contributed by atoms with van der Waals surface area (Å²) in [4.78, 5) is 14.8. The molecule has 4 heteroatoms. The first-order valence-electron chi connectivity index (χ1n) is 7.40. The summed E-state index contributed by atoms with van der Waals surface area (Å²) in [5.41, 5.74) is 2.83. The molecular weight excluding hydrogens is 272 g/mol. The van der Waals surface area contributed by atoms with Gasteiger partial charge in [-0.15, -0.1) is 12.4 Å². The van der Waals surface area contributed by atoms with Gasteiger partial charge in [-0.1, -0.05) is 18.2 Å². The topological polar surface area (TPSA) is 32.3 Å². The van der Waals surface area contributed by atoms with Crippen LogP contribution in [-0.2, 0) is 11.2 Å². The van der Waals surface area contributed by atoms with Crippen molar-refractivity contribution in [2.75, 3.05) is 24.5 Å². The molecule has 1 unspecified atom stereocenters. The van der Waals surface area contributed by atoms with Crippen LogP contribution in [0, 0.1) is 11.3 Å². The molecule has 20 heavy (non-hydrogen) atoms. The number of anilines is 1. The minimum Gasteiger partial charge on any atom is -0.317 e. The standard InChI is InChI=1S/C16H20N2O.ClH/c19-15(13-11-16(13)6-8-17-9-7-16)18-10-5-12-3-1-2-4-14(12)18;/h1-4,13,17H,5-11H2;1H. The van der Waals surface area contributed by atoms with Crippen LogP contribution >= 0.6 is 12.4 Å². The summed E-state index contributed by atoms with van der Waals surface area (Å²) in [5.74, 6) is 0.674. The highest BCUT2D eigenvalue weighted by Crippen LogP contribution is 2.59. The van der Waals surface area contributed by atoms with Crippen molar-refractivity contribution in [2.24, 2.45) is 11.3 Å². The Morgan fingerprint density at radius 3 is 2.80 bits per heavy atom. The van der Waals surface area contributed by atoms with Gasteiger partial charge in [0, 0.05) is 18.2 Å². The molecule has 4 rings (SSSR count). The smallest absolute Gasteiger partial charge is 0.230 e. The monoisotopic (exact) mass is 292 g/mol. The Balaban J connectivity index is 0.00000121. The number of carbonyl (C=O) groups excluding carboxylic acids is 1. The van der Waals surface area contributed by atoms with Crippen LogP contribution in [0.3, 0.4) is 0 Å². The van der Waals surface area contributed by atoms with E-state index in [0.29, 0.717) is 17.2 Å². The van der Waals surface area contributed by atoms with Crippen molar-refractivity contribution in [3.63, 3.8) is 0 Å². The van der Waals surface area contributed by atoms with Gasteiger partial charge >= 0.3 is 0 Å². The molecule has 1 aliphatic carbocycles. The Morgan fingerprint density at radius 1 is 1.25 bits per heavy atom. The molecule has 108 valence electrons. The molecule has 2 fully saturated rings. The van der Waals surface area contributed by atoms with Gasteiger partial charge in [0.2, 0.25) is 5.91 Å². The van der Waals surface area contributed by atoms with E-state index in [-0.39, 0.29) is 12.4 Å². The van der Waals surface area contributed by atoms with E-state index >= 15 is 0 Å². The van der Waals surface area contributed by atoms with Crippen LogP contribution in [0.15, 0.2) is 24.3 Å². The van der Waals surface area contributed by atoms with Crippen molar-refractivity contribution < 1.29 is 4.79 Å². The van der Waals surface area contributed by atoms with E-state index < -0.39 is 0 Å². The number of para-hydroxylation sites is 1. The van der Waals surface area contributed by atoms with E-state index in [9.17, 15) is 4.79 Å². The number of amides is 1. The normalized spacial score (nSPS) is 26.0. The zero-order valence-corrected chi connectivity index (χ0v) is 12.4. The molecule has 2 aliphatic heterocycles. The van der Waals surface area contributed by atoms with Gasteiger partial charge in [-0.25, -0.2) is 0 Å². The second kappa shape index (κ2) is 5.05. The fourth-order valence-corrected chi connectivity index (χ4v) is 3.93. The number of nitrogens with one attached hydrogen (secondary N) is 1. The Hall–Kier alpha value is -1.06. The molecule has 0 aromatic heterocycles. The van der Waals surface area contributed by atoms with E-state index in [1.807, 2.05) is 11.0 Å². The molecule has 1 amide bonds. The van der Waals surface area contributed by atoms with Gasteiger partial charge in [0.05, 0.1) is 0 Å². The largest absolute Gasteiger partial charge is 0.317 e. The van der Waals surface area contributed by atoms with Gasteiger partial charge in [-0.2, -0.15) is 0 Å². The molecule has 3 aliphatic rings.